The van der Waals surface area contributed by atoms with Gasteiger partial charge in [-0.25, -0.2) is 9.18 Å². The van der Waals surface area contributed by atoms with E-state index >= 15 is 0 Å². The maximum Gasteiger partial charge on any atom is 0.328 e. The fourth-order valence-corrected chi connectivity index (χ4v) is 1.44. The third kappa shape index (κ3) is 2.42. The minimum absolute atomic E-state index is 0.0492. The van der Waals surface area contributed by atoms with Crippen molar-refractivity contribution in [2.45, 2.75) is 19.4 Å². The topological polar surface area (TPSA) is 83.6 Å². The molecule has 1 aromatic carbocycles. The third-order valence-corrected chi connectivity index (χ3v) is 2.95. The summed E-state index contributed by atoms with van der Waals surface area (Å²) >= 11 is 0. The van der Waals surface area contributed by atoms with Crippen LogP contribution in [0.4, 0.5) is 10.1 Å². The van der Waals surface area contributed by atoms with Crippen molar-refractivity contribution in [1.29, 1.82) is 0 Å². The lowest BCUT2D eigenvalue weighted by molar-refractivity contribution is -0.142. The molecule has 0 saturated heterocycles. The molecule has 0 bridgehead atoms. The maximum atomic E-state index is 13.1. The van der Waals surface area contributed by atoms with Crippen molar-refractivity contribution in [3.63, 3.8) is 0 Å². The summed E-state index contributed by atoms with van der Waals surface area (Å²) in [6.45, 7) is 2.95. The largest absolute Gasteiger partial charge is 0.480 e. The molecule has 6 heteroatoms. The van der Waals surface area contributed by atoms with Gasteiger partial charge in [0.25, 0.3) is 5.91 Å². The number of carboxylic acids is 1. The second-order valence-corrected chi connectivity index (χ2v) is 4.45. The Hall–Kier alpha value is -2.11. The molecule has 1 rings (SSSR count). The van der Waals surface area contributed by atoms with Gasteiger partial charge in [-0.1, -0.05) is 0 Å². The molecule has 0 atom stereocenters. The van der Waals surface area contributed by atoms with Gasteiger partial charge in [0.05, 0.1) is 11.3 Å². The van der Waals surface area contributed by atoms with Crippen LogP contribution in [-0.2, 0) is 4.79 Å². The van der Waals surface area contributed by atoms with Crippen molar-refractivity contribution in [3.8, 4) is 0 Å². The van der Waals surface area contributed by atoms with Crippen molar-refractivity contribution in [2.75, 3.05) is 11.9 Å². The number of halogens is 1. The number of aliphatic carboxylic acids is 1. The van der Waals surface area contributed by atoms with Crippen LogP contribution in [0.25, 0.3) is 0 Å². The number of amides is 1. The van der Waals surface area contributed by atoms with Gasteiger partial charge < -0.3 is 15.7 Å². The zero-order chi connectivity index (χ0) is 14.1. The zero-order valence-corrected chi connectivity index (χ0v) is 10.4. The molecule has 0 unspecified atom stereocenters. The fraction of sp³-hybridized carbons (Fsp3) is 0.333. The van der Waals surface area contributed by atoms with E-state index < -0.39 is 23.2 Å². The monoisotopic (exact) mass is 254 g/mol. The summed E-state index contributed by atoms with van der Waals surface area (Å²) in [6.07, 6.45) is 0. The Kier molecular flexibility index (Phi) is 3.59. The number of likely N-dealkylation sites (N-methyl/N-ethyl adjacent to an activating group) is 1. The number of hydrogen-bond donors (Lipinski definition) is 2. The molecule has 0 aromatic heterocycles. The summed E-state index contributed by atoms with van der Waals surface area (Å²) in [5.41, 5.74) is 4.14. The number of rotatable bonds is 4. The first-order valence-electron chi connectivity index (χ1n) is 5.24. The van der Waals surface area contributed by atoms with Gasteiger partial charge >= 0.3 is 5.97 Å². The average molecular weight is 254 g/mol. The number of primary amides is 1. The zero-order valence-electron chi connectivity index (χ0n) is 10.4. The van der Waals surface area contributed by atoms with E-state index in [4.69, 9.17) is 10.8 Å². The summed E-state index contributed by atoms with van der Waals surface area (Å²) in [4.78, 5) is 23.8. The Balaban J connectivity index is 3.33. The molecule has 98 valence electrons. The summed E-state index contributed by atoms with van der Waals surface area (Å²) < 4.78 is 13.1. The normalized spacial score (nSPS) is 11.1. The molecule has 3 N–H and O–H groups in total. The number of carboxylic acid groups (broad SMARTS) is 1. The molecular formula is C12H15FN2O3. The molecule has 18 heavy (non-hydrogen) atoms. The Morgan fingerprint density at radius 2 is 1.94 bits per heavy atom. The molecule has 1 amide bonds. The number of nitrogens with zero attached hydrogens (tertiary/aromatic N) is 1. The number of anilines is 1. The van der Waals surface area contributed by atoms with E-state index in [1.165, 1.54) is 31.9 Å². The van der Waals surface area contributed by atoms with E-state index in [1.807, 2.05) is 0 Å². The SMILES string of the molecule is CN(c1ccc(F)cc1C(N)=O)C(C)(C)C(=O)O. The predicted octanol–water partition coefficient (Wildman–Crippen LogP) is 1.22. The van der Waals surface area contributed by atoms with Gasteiger partial charge in [-0.15, -0.1) is 0 Å². The van der Waals surface area contributed by atoms with Crippen molar-refractivity contribution in [2.24, 2.45) is 5.73 Å². The van der Waals surface area contributed by atoms with Gasteiger partial charge in [0.1, 0.15) is 11.4 Å². The molecule has 0 spiro atoms. The highest BCUT2D eigenvalue weighted by atomic mass is 19.1. The molecule has 5 nitrogen and oxygen atoms in total. The quantitative estimate of drug-likeness (QED) is 0.846. The van der Waals surface area contributed by atoms with Gasteiger partial charge in [0.15, 0.2) is 0 Å². The minimum atomic E-state index is -1.25. The van der Waals surface area contributed by atoms with Crippen LogP contribution >= 0.6 is 0 Å². The highest BCUT2D eigenvalue weighted by Crippen LogP contribution is 2.26. The van der Waals surface area contributed by atoms with Crippen molar-refractivity contribution >= 4 is 17.6 Å². The number of hydrogen-bond acceptors (Lipinski definition) is 3. The Morgan fingerprint density at radius 3 is 2.39 bits per heavy atom. The molecule has 0 heterocycles. The van der Waals surface area contributed by atoms with Crippen LogP contribution in [-0.4, -0.2) is 29.6 Å². The summed E-state index contributed by atoms with van der Waals surface area (Å²) in [6, 6.07) is 3.47. The van der Waals surface area contributed by atoms with Crippen LogP contribution in [0.1, 0.15) is 24.2 Å². The van der Waals surface area contributed by atoms with Gasteiger partial charge in [0.2, 0.25) is 0 Å². The number of carbonyl (C=O) groups is 2. The maximum absolute atomic E-state index is 13.1. The third-order valence-electron chi connectivity index (χ3n) is 2.95. The van der Waals surface area contributed by atoms with Crippen LogP contribution in [0.2, 0.25) is 0 Å². The van der Waals surface area contributed by atoms with Crippen LogP contribution in [0.3, 0.4) is 0 Å². The second-order valence-electron chi connectivity index (χ2n) is 4.45. The summed E-state index contributed by atoms with van der Waals surface area (Å²) in [5, 5.41) is 9.13. The van der Waals surface area contributed by atoms with E-state index in [9.17, 15) is 14.0 Å². The Morgan fingerprint density at radius 1 is 1.39 bits per heavy atom. The molecule has 0 fully saturated rings. The smallest absolute Gasteiger partial charge is 0.328 e. The Labute approximate surface area is 104 Å². The Bertz CT molecular complexity index is 500. The van der Waals surface area contributed by atoms with Gasteiger partial charge in [-0.3, -0.25) is 4.79 Å². The highest BCUT2D eigenvalue weighted by Gasteiger charge is 2.33. The summed E-state index contributed by atoms with van der Waals surface area (Å²) in [5.74, 6) is -2.48. The molecule has 0 aliphatic heterocycles. The molecular weight excluding hydrogens is 239 g/mol. The van der Waals surface area contributed by atoms with Gasteiger partial charge in [0, 0.05) is 7.05 Å². The molecule has 0 radical (unpaired) electrons. The molecule has 0 aliphatic carbocycles. The van der Waals surface area contributed by atoms with Crippen LogP contribution in [0.15, 0.2) is 18.2 Å². The molecule has 0 aliphatic rings. The number of nitrogens with two attached hydrogens (primary N) is 1. The predicted molar refractivity (Wildman–Crippen MR) is 65.0 cm³/mol. The summed E-state index contributed by atoms with van der Waals surface area (Å²) in [7, 11) is 1.51. The number of benzene rings is 1. The number of carbonyl (C=O) groups excluding carboxylic acids is 1. The standard InChI is InChI=1S/C12H15FN2O3/c1-12(2,11(17)18)15(3)9-5-4-7(13)6-8(9)10(14)16/h4-6H,1-3H3,(H2,14,16)(H,17,18). The van der Waals surface area contributed by atoms with E-state index in [0.29, 0.717) is 0 Å². The van der Waals surface area contributed by atoms with E-state index in [2.05, 4.69) is 0 Å². The first-order valence-corrected chi connectivity index (χ1v) is 5.24. The van der Waals surface area contributed by atoms with E-state index in [-0.39, 0.29) is 11.3 Å². The first-order chi connectivity index (χ1) is 8.17. The highest BCUT2D eigenvalue weighted by molar-refractivity contribution is 5.99. The van der Waals surface area contributed by atoms with E-state index in [0.717, 1.165) is 12.1 Å². The average Bonchev–Trinajstić information content (AvgIpc) is 2.27. The second kappa shape index (κ2) is 4.64. The first kappa shape index (κ1) is 14.0. The van der Waals surface area contributed by atoms with E-state index in [1.54, 1.807) is 0 Å². The lowest BCUT2D eigenvalue weighted by Crippen LogP contribution is -2.48. The van der Waals surface area contributed by atoms with Crippen molar-refractivity contribution in [1.82, 2.24) is 0 Å². The lowest BCUT2D eigenvalue weighted by Gasteiger charge is -2.34. The van der Waals surface area contributed by atoms with Crippen LogP contribution < -0.4 is 10.6 Å². The minimum Gasteiger partial charge on any atom is -0.480 e. The van der Waals surface area contributed by atoms with Crippen LogP contribution in [0, 0.1) is 5.82 Å². The lowest BCUT2D eigenvalue weighted by atomic mass is 10.0. The fourth-order valence-electron chi connectivity index (χ4n) is 1.44. The van der Waals surface area contributed by atoms with Gasteiger partial charge in [-0.05, 0) is 32.0 Å². The van der Waals surface area contributed by atoms with Crippen molar-refractivity contribution in [3.05, 3.63) is 29.6 Å². The molecule has 0 saturated carbocycles. The molecule has 1 aromatic rings. The van der Waals surface area contributed by atoms with Crippen molar-refractivity contribution < 1.29 is 19.1 Å². The van der Waals surface area contributed by atoms with Gasteiger partial charge in [-0.2, -0.15) is 0 Å². The van der Waals surface area contributed by atoms with Crippen LogP contribution in [0.5, 0.6) is 0 Å².